The topological polar surface area (TPSA) is 134 Å². The van der Waals surface area contributed by atoms with E-state index < -0.39 is 17.9 Å². The van der Waals surface area contributed by atoms with Crippen LogP contribution in [-0.2, 0) is 11.3 Å². The van der Waals surface area contributed by atoms with Crippen molar-refractivity contribution in [2.75, 3.05) is 32.0 Å². The molecule has 1 aromatic carbocycles. The van der Waals surface area contributed by atoms with E-state index in [-0.39, 0.29) is 51.8 Å². The summed E-state index contributed by atoms with van der Waals surface area (Å²) >= 11 is 6.21. The summed E-state index contributed by atoms with van der Waals surface area (Å²) in [6.07, 6.45) is 7.48. The molecule has 0 unspecified atom stereocenters. The minimum Gasteiger partial charge on any atom is -0.434 e. The fourth-order valence-corrected chi connectivity index (χ4v) is 5.61. The van der Waals surface area contributed by atoms with Crippen LogP contribution < -0.4 is 10.1 Å². The first-order chi connectivity index (χ1) is 21.4. The van der Waals surface area contributed by atoms with E-state index in [9.17, 15) is 23.6 Å². The van der Waals surface area contributed by atoms with Gasteiger partial charge in [0.2, 0.25) is 5.91 Å². The zero-order valence-corrected chi connectivity index (χ0v) is 25.7. The van der Waals surface area contributed by atoms with Crippen LogP contribution in [-0.4, -0.2) is 85.3 Å². The van der Waals surface area contributed by atoms with E-state index in [0.29, 0.717) is 25.3 Å². The maximum Gasteiger partial charge on any atom is 0.387 e. The fraction of sp³-hybridized carbons (Fsp3) is 0.400. The average molecular weight is 640 g/mol. The first-order valence-corrected chi connectivity index (χ1v) is 14.6. The molecule has 3 aromatic heterocycles. The second-order valence-corrected chi connectivity index (χ2v) is 12.0. The van der Waals surface area contributed by atoms with Crippen molar-refractivity contribution in [1.82, 2.24) is 34.2 Å². The molecule has 2 amide bonds. The first kappa shape index (κ1) is 31.8. The summed E-state index contributed by atoms with van der Waals surface area (Å²) in [5.74, 6) is -0.966. The number of rotatable bonds is 10. The molecule has 4 heterocycles. The monoisotopic (exact) mass is 639 g/mol. The van der Waals surface area contributed by atoms with Gasteiger partial charge in [-0.3, -0.25) is 14.3 Å². The van der Waals surface area contributed by atoms with Crippen LogP contribution >= 0.6 is 11.6 Å². The lowest BCUT2D eigenvalue weighted by Crippen LogP contribution is -2.48. The molecule has 15 heteroatoms. The summed E-state index contributed by atoms with van der Waals surface area (Å²) in [5.41, 5.74) is 0.341. The number of nitrogens with one attached hydrogen (secondary N) is 1. The molecule has 1 N–H and O–H groups in total. The number of benzene rings is 1. The van der Waals surface area contributed by atoms with Crippen LogP contribution in [0.1, 0.15) is 37.0 Å². The molecule has 12 nitrogen and oxygen atoms in total. The van der Waals surface area contributed by atoms with Crippen molar-refractivity contribution < 1.29 is 23.1 Å². The molecule has 0 atom stereocenters. The van der Waals surface area contributed by atoms with Gasteiger partial charge in [-0.15, -0.1) is 0 Å². The maximum absolute atomic E-state index is 13.4. The molecule has 1 fully saturated rings. The van der Waals surface area contributed by atoms with E-state index in [2.05, 4.69) is 31.5 Å². The van der Waals surface area contributed by atoms with Gasteiger partial charge in [-0.05, 0) is 58.0 Å². The summed E-state index contributed by atoms with van der Waals surface area (Å²) in [7, 11) is 1.99. The Balaban J connectivity index is 1.38. The predicted octanol–water partition coefficient (Wildman–Crippen LogP) is 4.57. The maximum atomic E-state index is 13.4. The predicted molar refractivity (Wildman–Crippen MR) is 162 cm³/mol. The molecule has 1 saturated heterocycles. The number of alkyl halides is 2. The molecule has 0 bridgehead atoms. The highest BCUT2D eigenvalue weighted by Gasteiger charge is 2.29. The third-order valence-electron chi connectivity index (χ3n) is 7.63. The summed E-state index contributed by atoms with van der Waals surface area (Å²) in [5, 5.41) is 21.0. The minimum absolute atomic E-state index is 0.0826. The third-order valence-corrected chi connectivity index (χ3v) is 7.87. The second-order valence-electron chi connectivity index (χ2n) is 11.5. The van der Waals surface area contributed by atoms with Gasteiger partial charge in [0.05, 0.1) is 23.4 Å². The van der Waals surface area contributed by atoms with Gasteiger partial charge < -0.3 is 19.9 Å². The Labute approximate surface area is 263 Å². The van der Waals surface area contributed by atoms with Gasteiger partial charge >= 0.3 is 6.61 Å². The lowest BCUT2D eigenvalue weighted by molar-refractivity contribution is -0.133. The van der Waals surface area contributed by atoms with E-state index in [1.807, 2.05) is 20.9 Å². The van der Waals surface area contributed by atoms with Crippen LogP contribution in [0.3, 0.4) is 0 Å². The van der Waals surface area contributed by atoms with Gasteiger partial charge in [0, 0.05) is 54.9 Å². The lowest BCUT2D eigenvalue weighted by Gasteiger charge is -2.38. The molecule has 0 spiro atoms. The Bertz CT molecular complexity index is 1740. The SMILES string of the molecule is CN(CC(C)(C)C#N)C1CCN(C(=O)Cn2cc(NC(=O)c3cnn4cccnc34)c(-c3cc(Cl)ccc3OC(F)F)n2)CC1. The number of nitrogens with zero attached hydrogens (tertiary/aromatic N) is 8. The second kappa shape index (κ2) is 13.2. The van der Waals surface area contributed by atoms with Gasteiger partial charge in [-0.1, -0.05) is 11.6 Å². The summed E-state index contributed by atoms with van der Waals surface area (Å²) in [6.45, 7) is 2.20. The van der Waals surface area contributed by atoms with Gasteiger partial charge in [0.25, 0.3) is 5.91 Å². The Morgan fingerprint density at radius 3 is 2.76 bits per heavy atom. The van der Waals surface area contributed by atoms with Crippen molar-refractivity contribution in [2.24, 2.45) is 5.41 Å². The Hall–Kier alpha value is -4.61. The lowest BCUT2D eigenvalue weighted by atomic mass is 9.93. The number of halogens is 3. The molecule has 4 aromatic rings. The summed E-state index contributed by atoms with van der Waals surface area (Å²) < 4.78 is 34.1. The molecular weight excluding hydrogens is 608 g/mol. The normalized spacial score (nSPS) is 14.2. The van der Waals surface area contributed by atoms with Crippen molar-refractivity contribution in [3.8, 4) is 23.1 Å². The number of hydrogen-bond donors (Lipinski definition) is 1. The highest BCUT2D eigenvalue weighted by atomic mass is 35.5. The number of piperidine rings is 1. The number of anilines is 1. The van der Waals surface area contributed by atoms with Crippen LogP contribution in [0, 0.1) is 16.7 Å². The minimum atomic E-state index is -3.12. The van der Waals surface area contributed by atoms with Crippen molar-refractivity contribution in [2.45, 2.75) is 45.9 Å². The van der Waals surface area contributed by atoms with E-state index in [1.54, 1.807) is 17.2 Å². The van der Waals surface area contributed by atoms with Crippen molar-refractivity contribution in [1.29, 1.82) is 5.26 Å². The smallest absolute Gasteiger partial charge is 0.387 e. The van der Waals surface area contributed by atoms with Crippen molar-refractivity contribution >= 4 is 34.7 Å². The number of ether oxygens (including phenoxy) is 1. The molecular formula is C30H32ClF2N9O3. The molecule has 45 heavy (non-hydrogen) atoms. The number of nitriles is 1. The number of carbonyl (C=O) groups is 2. The number of carbonyl (C=O) groups excluding carboxylic acids is 2. The standard InChI is InChI=1S/C30H32ClF2N9O3/c1-30(2,17-34)18-39(3)20-7-11-40(12-8-20)25(43)16-41-15-23(37-28(44)22-14-36-42-10-4-9-35-27(22)42)26(38-41)21-13-19(31)5-6-24(21)45-29(32)33/h4-6,9-10,13-15,20,29H,7-8,11-12,16,18H2,1-3H3,(H,37,44). The van der Waals surface area contributed by atoms with Crippen molar-refractivity contribution in [3.63, 3.8) is 0 Å². The van der Waals surface area contributed by atoms with E-state index in [1.165, 1.54) is 46.0 Å². The summed E-state index contributed by atoms with van der Waals surface area (Å²) in [4.78, 5) is 34.8. The molecule has 0 aliphatic carbocycles. The van der Waals surface area contributed by atoms with E-state index >= 15 is 0 Å². The number of fused-ring (bicyclic) bond motifs is 1. The van der Waals surface area contributed by atoms with Gasteiger partial charge in [0.1, 0.15) is 23.6 Å². The zero-order valence-electron chi connectivity index (χ0n) is 25.0. The van der Waals surface area contributed by atoms with Crippen LogP contribution in [0.5, 0.6) is 5.75 Å². The number of amides is 2. The molecule has 0 saturated carbocycles. The molecule has 236 valence electrons. The van der Waals surface area contributed by atoms with Crippen LogP contribution in [0.25, 0.3) is 16.9 Å². The van der Waals surface area contributed by atoms with Gasteiger partial charge in [-0.25, -0.2) is 9.50 Å². The zero-order chi connectivity index (χ0) is 32.3. The molecule has 0 radical (unpaired) electrons. The van der Waals surface area contributed by atoms with Crippen LogP contribution in [0.4, 0.5) is 14.5 Å². The van der Waals surface area contributed by atoms with E-state index in [0.717, 1.165) is 12.8 Å². The van der Waals surface area contributed by atoms with Crippen molar-refractivity contribution in [3.05, 3.63) is 59.6 Å². The first-order valence-electron chi connectivity index (χ1n) is 14.3. The quantitative estimate of drug-likeness (QED) is 0.267. The molecule has 5 rings (SSSR count). The third kappa shape index (κ3) is 7.38. The largest absolute Gasteiger partial charge is 0.434 e. The number of aromatic nitrogens is 5. The average Bonchev–Trinajstić information content (AvgIpc) is 3.61. The summed E-state index contributed by atoms with van der Waals surface area (Å²) in [6, 6.07) is 8.31. The number of likely N-dealkylation sites (tertiary alicyclic amines) is 1. The van der Waals surface area contributed by atoms with Gasteiger partial charge in [0.15, 0.2) is 5.65 Å². The van der Waals surface area contributed by atoms with Crippen LogP contribution in [0.15, 0.2) is 49.1 Å². The highest BCUT2D eigenvalue weighted by Crippen LogP contribution is 2.37. The Morgan fingerprint density at radius 1 is 1.29 bits per heavy atom. The van der Waals surface area contributed by atoms with Crippen LogP contribution in [0.2, 0.25) is 5.02 Å². The van der Waals surface area contributed by atoms with E-state index in [4.69, 9.17) is 16.3 Å². The van der Waals surface area contributed by atoms with Gasteiger partial charge in [-0.2, -0.15) is 24.2 Å². The molecule has 1 aliphatic rings. The highest BCUT2D eigenvalue weighted by molar-refractivity contribution is 6.31. The Morgan fingerprint density at radius 2 is 2.04 bits per heavy atom. The Kier molecular flexibility index (Phi) is 9.31. The number of hydrogen-bond acceptors (Lipinski definition) is 8. The fourth-order valence-electron chi connectivity index (χ4n) is 5.44. The molecule has 1 aliphatic heterocycles.